The van der Waals surface area contributed by atoms with Crippen LogP contribution in [0.2, 0.25) is 5.02 Å². The van der Waals surface area contributed by atoms with Crippen molar-refractivity contribution >= 4 is 11.6 Å². The van der Waals surface area contributed by atoms with Gasteiger partial charge in [0.05, 0.1) is 6.10 Å². The van der Waals surface area contributed by atoms with Crippen molar-refractivity contribution in [3.8, 4) is 5.75 Å². The van der Waals surface area contributed by atoms with Gasteiger partial charge in [0.1, 0.15) is 17.7 Å². The fraction of sp³-hybridized carbons (Fsp3) is 0.250. The van der Waals surface area contributed by atoms with Crippen LogP contribution in [0.4, 0.5) is 4.39 Å². The highest BCUT2D eigenvalue weighted by atomic mass is 35.5. The third kappa shape index (κ3) is 3.50. The van der Waals surface area contributed by atoms with E-state index in [1.807, 2.05) is 13.8 Å². The number of halogens is 2. The van der Waals surface area contributed by atoms with Gasteiger partial charge in [0, 0.05) is 10.6 Å². The molecule has 0 spiro atoms. The number of benzene rings is 2. The van der Waals surface area contributed by atoms with Crippen LogP contribution in [0, 0.1) is 5.82 Å². The summed E-state index contributed by atoms with van der Waals surface area (Å²) < 4.78 is 19.4. The molecule has 0 aliphatic carbocycles. The highest BCUT2D eigenvalue weighted by Crippen LogP contribution is 2.28. The average molecular weight is 295 g/mol. The van der Waals surface area contributed by atoms with Gasteiger partial charge in [-0.25, -0.2) is 4.39 Å². The lowest BCUT2D eigenvalue weighted by Crippen LogP contribution is -2.07. The molecular weight excluding hydrogens is 279 g/mol. The van der Waals surface area contributed by atoms with Crippen molar-refractivity contribution in [2.45, 2.75) is 26.1 Å². The van der Waals surface area contributed by atoms with Gasteiger partial charge in [-0.15, -0.1) is 0 Å². The van der Waals surface area contributed by atoms with Crippen LogP contribution in [0.5, 0.6) is 5.75 Å². The van der Waals surface area contributed by atoms with Crippen LogP contribution in [-0.2, 0) is 0 Å². The molecule has 4 heteroatoms. The topological polar surface area (TPSA) is 29.5 Å². The molecule has 0 amide bonds. The minimum absolute atomic E-state index is 0.0367. The lowest BCUT2D eigenvalue weighted by atomic mass is 10.0. The number of hydrogen-bond acceptors (Lipinski definition) is 2. The monoisotopic (exact) mass is 294 g/mol. The van der Waals surface area contributed by atoms with Crippen molar-refractivity contribution < 1.29 is 14.2 Å². The molecule has 106 valence electrons. The van der Waals surface area contributed by atoms with Gasteiger partial charge in [-0.05, 0) is 43.7 Å². The Hall–Kier alpha value is -1.58. The summed E-state index contributed by atoms with van der Waals surface area (Å²) in [4.78, 5) is 0. The Bertz CT molecular complexity index is 599. The predicted molar refractivity (Wildman–Crippen MR) is 77.7 cm³/mol. The van der Waals surface area contributed by atoms with E-state index in [0.717, 1.165) is 0 Å². The van der Waals surface area contributed by atoms with Crippen LogP contribution in [0.3, 0.4) is 0 Å². The van der Waals surface area contributed by atoms with Crippen LogP contribution in [0.25, 0.3) is 0 Å². The highest BCUT2D eigenvalue weighted by molar-refractivity contribution is 6.30. The van der Waals surface area contributed by atoms with Gasteiger partial charge in [-0.2, -0.15) is 0 Å². The molecule has 20 heavy (non-hydrogen) atoms. The van der Waals surface area contributed by atoms with Crippen molar-refractivity contribution in [1.82, 2.24) is 0 Å². The second-order valence-corrected chi connectivity index (χ2v) is 5.24. The summed E-state index contributed by atoms with van der Waals surface area (Å²) in [6, 6.07) is 11.2. The Kier molecular flexibility index (Phi) is 4.63. The first-order valence-corrected chi connectivity index (χ1v) is 6.75. The molecule has 0 bridgehead atoms. The van der Waals surface area contributed by atoms with E-state index in [0.29, 0.717) is 16.3 Å². The summed E-state index contributed by atoms with van der Waals surface area (Å²) in [5.74, 6) is 0.117. The second kappa shape index (κ2) is 6.25. The maximum Gasteiger partial charge on any atom is 0.130 e. The van der Waals surface area contributed by atoms with Crippen molar-refractivity contribution in [3.63, 3.8) is 0 Å². The summed E-state index contributed by atoms with van der Waals surface area (Å²) in [5.41, 5.74) is 0.764. The SMILES string of the molecule is CC(C)Oc1cccc(C(O)c2ccc(Cl)cc2F)c1. The van der Waals surface area contributed by atoms with Crippen LogP contribution >= 0.6 is 11.6 Å². The zero-order chi connectivity index (χ0) is 14.7. The van der Waals surface area contributed by atoms with Gasteiger partial charge >= 0.3 is 0 Å². The fourth-order valence-corrected chi connectivity index (χ4v) is 2.09. The summed E-state index contributed by atoms with van der Waals surface area (Å²) in [6.07, 6.45) is -1.02. The van der Waals surface area contributed by atoms with E-state index in [-0.39, 0.29) is 11.7 Å². The maximum absolute atomic E-state index is 13.8. The van der Waals surface area contributed by atoms with Crippen LogP contribution in [0.15, 0.2) is 42.5 Å². The molecular formula is C16H16ClFO2. The highest BCUT2D eigenvalue weighted by Gasteiger charge is 2.16. The van der Waals surface area contributed by atoms with Crippen molar-refractivity contribution in [3.05, 3.63) is 64.4 Å². The van der Waals surface area contributed by atoms with Crippen molar-refractivity contribution in [1.29, 1.82) is 0 Å². The molecule has 0 radical (unpaired) electrons. The Morgan fingerprint density at radius 1 is 1.15 bits per heavy atom. The fourth-order valence-electron chi connectivity index (χ4n) is 1.93. The summed E-state index contributed by atoms with van der Waals surface area (Å²) >= 11 is 5.71. The van der Waals surface area contributed by atoms with E-state index in [1.54, 1.807) is 30.3 Å². The summed E-state index contributed by atoms with van der Waals surface area (Å²) in [6.45, 7) is 3.84. The average Bonchev–Trinajstić information content (AvgIpc) is 2.37. The Balaban J connectivity index is 2.30. The molecule has 2 aromatic rings. The number of ether oxygens (including phenoxy) is 1. The van der Waals surface area contributed by atoms with Gasteiger partial charge in [0.2, 0.25) is 0 Å². The lowest BCUT2D eigenvalue weighted by Gasteiger charge is -2.15. The first-order valence-electron chi connectivity index (χ1n) is 6.37. The minimum Gasteiger partial charge on any atom is -0.491 e. The number of aliphatic hydroxyl groups is 1. The van der Waals surface area contributed by atoms with E-state index in [2.05, 4.69) is 0 Å². The van der Waals surface area contributed by atoms with Gasteiger partial charge in [-0.1, -0.05) is 29.8 Å². The standard InChI is InChI=1S/C16H16ClFO2/c1-10(2)20-13-5-3-4-11(8-13)16(19)14-7-6-12(17)9-15(14)18/h3-10,16,19H,1-2H3. The molecule has 0 aromatic heterocycles. The number of rotatable bonds is 4. The minimum atomic E-state index is -1.05. The quantitative estimate of drug-likeness (QED) is 0.908. The smallest absolute Gasteiger partial charge is 0.130 e. The van der Waals surface area contributed by atoms with Gasteiger partial charge in [-0.3, -0.25) is 0 Å². The van der Waals surface area contributed by atoms with Crippen LogP contribution in [0.1, 0.15) is 31.1 Å². The molecule has 2 aromatic carbocycles. The first-order chi connectivity index (χ1) is 9.47. The van der Waals surface area contributed by atoms with Crippen molar-refractivity contribution in [2.75, 3.05) is 0 Å². The van der Waals surface area contributed by atoms with Crippen LogP contribution in [-0.4, -0.2) is 11.2 Å². The molecule has 1 atom stereocenters. The van der Waals surface area contributed by atoms with Gasteiger partial charge in [0.15, 0.2) is 0 Å². The normalized spacial score (nSPS) is 12.5. The Labute approximate surface area is 122 Å². The predicted octanol–water partition coefficient (Wildman–Crippen LogP) is 4.35. The van der Waals surface area contributed by atoms with E-state index < -0.39 is 11.9 Å². The molecule has 1 N–H and O–H groups in total. The Morgan fingerprint density at radius 2 is 1.90 bits per heavy atom. The second-order valence-electron chi connectivity index (χ2n) is 4.81. The number of aliphatic hydroxyl groups excluding tert-OH is 1. The van der Waals surface area contributed by atoms with Gasteiger partial charge < -0.3 is 9.84 Å². The molecule has 0 aliphatic heterocycles. The molecule has 0 saturated heterocycles. The summed E-state index contributed by atoms with van der Waals surface area (Å²) in [5, 5.41) is 10.6. The lowest BCUT2D eigenvalue weighted by molar-refractivity contribution is 0.212. The van der Waals surface area contributed by atoms with E-state index >= 15 is 0 Å². The third-order valence-corrected chi connectivity index (χ3v) is 3.04. The first kappa shape index (κ1) is 14.8. The molecule has 0 fully saturated rings. The molecule has 0 saturated carbocycles. The molecule has 2 rings (SSSR count). The Morgan fingerprint density at radius 3 is 2.55 bits per heavy atom. The van der Waals surface area contributed by atoms with E-state index in [4.69, 9.17) is 16.3 Å². The zero-order valence-electron chi connectivity index (χ0n) is 11.3. The van der Waals surface area contributed by atoms with Crippen LogP contribution < -0.4 is 4.74 Å². The molecule has 1 unspecified atom stereocenters. The van der Waals surface area contributed by atoms with Crippen molar-refractivity contribution in [2.24, 2.45) is 0 Å². The van der Waals surface area contributed by atoms with Gasteiger partial charge in [0.25, 0.3) is 0 Å². The maximum atomic E-state index is 13.8. The van der Waals surface area contributed by atoms with E-state index in [1.165, 1.54) is 12.1 Å². The zero-order valence-corrected chi connectivity index (χ0v) is 12.1. The molecule has 0 heterocycles. The number of hydrogen-bond donors (Lipinski definition) is 1. The summed E-state index contributed by atoms with van der Waals surface area (Å²) in [7, 11) is 0. The third-order valence-electron chi connectivity index (χ3n) is 2.80. The molecule has 0 aliphatic rings. The molecule has 2 nitrogen and oxygen atoms in total. The van der Waals surface area contributed by atoms with E-state index in [9.17, 15) is 9.50 Å². The largest absolute Gasteiger partial charge is 0.491 e.